The molecule has 0 saturated carbocycles. The van der Waals surface area contributed by atoms with Crippen LogP contribution in [0.3, 0.4) is 0 Å². The smallest absolute Gasteiger partial charge is 0.163 e. The van der Waals surface area contributed by atoms with Crippen molar-refractivity contribution in [3.8, 4) is 11.4 Å². The number of benzene rings is 2. The van der Waals surface area contributed by atoms with Crippen LogP contribution in [0.5, 0.6) is 0 Å². The maximum absolute atomic E-state index is 5.89. The van der Waals surface area contributed by atoms with Crippen molar-refractivity contribution < 1.29 is 0 Å². The lowest BCUT2D eigenvalue weighted by molar-refractivity contribution is 0.920. The first-order chi connectivity index (χ1) is 10.2. The van der Waals surface area contributed by atoms with E-state index < -0.39 is 0 Å². The number of hydrogen-bond acceptors (Lipinski definition) is 3. The van der Waals surface area contributed by atoms with Gasteiger partial charge in [0.2, 0.25) is 0 Å². The Morgan fingerprint density at radius 2 is 1.95 bits per heavy atom. The monoisotopic (exact) mass is 298 g/mol. The summed E-state index contributed by atoms with van der Waals surface area (Å²) >= 11 is 5.89. The van der Waals surface area contributed by atoms with Crippen LogP contribution in [-0.2, 0) is 13.6 Å². The molecule has 1 N–H and O–H groups in total. The maximum atomic E-state index is 5.89. The van der Waals surface area contributed by atoms with E-state index in [1.807, 2.05) is 54.1 Å². The summed E-state index contributed by atoms with van der Waals surface area (Å²) in [6.07, 6.45) is 1.70. The van der Waals surface area contributed by atoms with Crippen molar-refractivity contribution in [3.63, 3.8) is 0 Å². The van der Waals surface area contributed by atoms with Gasteiger partial charge in [-0.25, -0.2) is 0 Å². The fourth-order valence-electron chi connectivity index (χ4n) is 2.12. The molecule has 3 aromatic rings. The maximum Gasteiger partial charge on any atom is 0.163 e. The number of rotatable bonds is 4. The molecule has 2 aromatic carbocycles. The summed E-state index contributed by atoms with van der Waals surface area (Å²) in [6, 6.07) is 16.0. The van der Waals surface area contributed by atoms with Crippen LogP contribution < -0.4 is 5.32 Å². The third-order valence-electron chi connectivity index (χ3n) is 3.24. The first-order valence-electron chi connectivity index (χ1n) is 6.65. The van der Waals surface area contributed by atoms with Gasteiger partial charge in [0, 0.05) is 29.9 Å². The van der Waals surface area contributed by atoms with Crippen molar-refractivity contribution in [1.29, 1.82) is 0 Å². The summed E-state index contributed by atoms with van der Waals surface area (Å²) in [6.45, 7) is 0.749. The van der Waals surface area contributed by atoms with E-state index in [0.29, 0.717) is 0 Å². The van der Waals surface area contributed by atoms with E-state index in [1.165, 1.54) is 5.56 Å². The Morgan fingerprint density at radius 3 is 2.67 bits per heavy atom. The summed E-state index contributed by atoms with van der Waals surface area (Å²) < 4.78 is 1.90. The van der Waals surface area contributed by atoms with Crippen LogP contribution in [0, 0.1) is 0 Å². The Labute approximate surface area is 128 Å². The second-order valence-electron chi connectivity index (χ2n) is 4.83. The molecule has 0 saturated heterocycles. The Bertz CT molecular complexity index is 734. The van der Waals surface area contributed by atoms with Gasteiger partial charge in [0.25, 0.3) is 0 Å². The van der Waals surface area contributed by atoms with E-state index in [4.69, 9.17) is 11.6 Å². The Morgan fingerprint density at radius 1 is 1.14 bits per heavy atom. The Hall–Kier alpha value is -2.33. The van der Waals surface area contributed by atoms with Crippen molar-refractivity contribution in [3.05, 3.63) is 65.4 Å². The molecule has 4 nitrogen and oxygen atoms in total. The number of hydrogen-bond donors (Lipinski definition) is 1. The first-order valence-corrected chi connectivity index (χ1v) is 7.03. The van der Waals surface area contributed by atoms with Crippen molar-refractivity contribution in [2.45, 2.75) is 6.54 Å². The molecule has 0 atom stereocenters. The molecule has 0 radical (unpaired) electrons. The van der Waals surface area contributed by atoms with Crippen molar-refractivity contribution >= 4 is 17.3 Å². The molecule has 0 aliphatic rings. The number of nitrogens with zero attached hydrogens (tertiary/aromatic N) is 3. The molecule has 0 aliphatic carbocycles. The van der Waals surface area contributed by atoms with Crippen molar-refractivity contribution in [1.82, 2.24) is 14.8 Å². The molecule has 1 heterocycles. The minimum Gasteiger partial charge on any atom is -0.381 e. The van der Waals surface area contributed by atoms with Crippen molar-refractivity contribution in [2.24, 2.45) is 7.05 Å². The highest BCUT2D eigenvalue weighted by molar-refractivity contribution is 6.30. The lowest BCUT2D eigenvalue weighted by Gasteiger charge is -2.08. The summed E-state index contributed by atoms with van der Waals surface area (Å²) in [4.78, 5) is 0. The lowest BCUT2D eigenvalue weighted by atomic mass is 10.1. The second-order valence-corrected chi connectivity index (χ2v) is 5.26. The van der Waals surface area contributed by atoms with E-state index in [1.54, 1.807) is 6.33 Å². The normalized spacial score (nSPS) is 10.6. The zero-order valence-electron chi connectivity index (χ0n) is 11.6. The SMILES string of the molecule is Cn1cnnc1-c1cccc(NCc2ccc(Cl)cc2)c1. The molecule has 0 spiro atoms. The van der Waals surface area contributed by atoms with E-state index in [9.17, 15) is 0 Å². The lowest BCUT2D eigenvalue weighted by Crippen LogP contribution is -1.99. The molecule has 0 bridgehead atoms. The average Bonchev–Trinajstić information content (AvgIpc) is 2.93. The van der Waals surface area contributed by atoms with Crippen LogP contribution in [0.15, 0.2) is 54.9 Å². The molecule has 0 unspecified atom stereocenters. The van der Waals surface area contributed by atoms with E-state index in [2.05, 4.69) is 21.6 Å². The van der Waals surface area contributed by atoms with Gasteiger partial charge in [0.05, 0.1) is 0 Å². The minimum absolute atomic E-state index is 0.749. The highest BCUT2D eigenvalue weighted by Gasteiger charge is 2.05. The quantitative estimate of drug-likeness (QED) is 0.798. The Balaban J connectivity index is 1.74. The molecule has 0 amide bonds. The van der Waals surface area contributed by atoms with Gasteiger partial charge in [-0.3, -0.25) is 0 Å². The largest absolute Gasteiger partial charge is 0.381 e. The number of halogens is 1. The Kier molecular flexibility index (Phi) is 3.88. The molecule has 3 rings (SSSR count). The summed E-state index contributed by atoms with van der Waals surface area (Å²) in [5, 5.41) is 12.2. The van der Waals surface area contributed by atoms with Gasteiger partial charge in [-0.2, -0.15) is 0 Å². The van der Waals surface area contributed by atoms with Gasteiger partial charge in [0.15, 0.2) is 5.82 Å². The molecule has 106 valence electrons. The predicted octanol–water partition coefficient (Wildman–Crippen LogP) is 3.75. The highest BCUT2D eigenvalue weighted by Crippen LogP contribution is 2.20. The topological polar surface area (TPSA) is 42.7 Å². The van der Waals surface area contributed by atoms with E-state index in [-0.39, 0.29) is 0 Å². The van der Waals surface area contributed by atoms with Crippen LogP contribution in [0.25, 0.3) is 11.4 Å². The molecule has 21 heavy (non-hydrogen) atoms. The average molecular weight is 299 g/mol. The molecular formula is C16H15ClN4. The van der Waals surface area contributed by atoms with E-state index >= 15 is 0 Å². The first kappa shape index (κ1) is 13.6. The second kappa shape index (κ2) is 5.97. The van der Waals surface area contributed by atoms with Crippen LogP contribution in [0.2, 0.25) is 5.02 Å². The van der Waals surface area contributed by atoms with Crippen molar-refractivity contribution in [2.75, 3.05) is 5.32 Å². The predicted molar refractivity (Wildman–Crippen MR) is 85.2 cm³/mol. The molecule has 0 aliphatic heterocycles. The van der Waals surface area contributed by atoms with E-state index in [0.717, 1.165) is 28.6 Å². The van der Waals surface area contributed by atoms with Crippen LogP contribution >= 0.6 is 11.6 Å². The fourth-order valence-corrected chi connectivity index (χ4v) is 2.25. The van der Waals surface area contributed by atoms with Crippen LogP contribution in [0.4, 0.5) is 5.69 Å². The summed E-state index contributed by atoms with van der Waals surface area (Å²) in [5.41, 5.74) is 3.27. The standard InChI is InChI=1S/C16H15ClN4/c1-21-11-19-20-16(21)13-3-2-4-15(9-13)18-10-12-5-7-14(17)8-6-12/h2-9,11,18H,10H2,1H3. The third-order valence-corrected chi connectivity index (χ3v) is 3.49. The fraction of sp³-hybridized carbons (Fsp3) is 0.125. The molecule has 0 fully saturated rings. The van der Waals surface area contributed by atoms with Gasteiger partial charge in [-0.05, 0) is 29.8 Å². The zero-order chi connectivity index (χ0) is 14.7. The van der Waals surface area contributed by atoms with Crippen LogP contribution in [0.1, 0.15) is 5.56 Å². The molecule has 1 aromatic heterocycles. The van der Waals surface area contributed by atoms with Gasteiger partial charge in [0.1, 0.15) is 6.33 Å². The minimum atomic E-state index is 0.749. The zero-order valence-corrected chi connectivity index (χ0v) is 12.4. The van der Waals surface area contributed by atoms with Gasteiger partial charge in [-0.15, -0.1) is 10.2 Å². The number of aromatic nitrogens is 3. The molecule has 5 heteroatoms. The number of nitrogens with one attached hydrogen (secondary N) is 1. The van der Waals surface area contributed by atoms with Crippen LogP contribution in [-0.4, -0.2) is 14.8 Å². The summed E-state index contributed by atoms with van der Waals surface area (Å²) in [5.74, 6) is 0.852. The summed E-state index contributed by atoms with van der Waals surface area (Å²) in [7, 11) is 1.93. The molecular weight excluding hydrogens is 284 g/mol. The third kappa shape index (κ3) is 3.23. The number of anilines is 1. The van der Waals surface area contributed by atoms with Gasteiger partial charge < -0.3 is 9.88 Å². The van der Waals surface area contributed by atoms with Gasteiger partial charge in [-0.1, -0.05) is 35.9 Å². The highest BCUT2D eigenvalue weighted by atomic mass is 35.5. The number of aryl methyl sites for hydroxylation is 1. The van der Waals surface area contributed by atoms with Gasteiger partial charge >= 0.3 is 0 Å².